The maximum atomic E-state index is 14.2. The molecule has 7 heteroatoms. The van der Waals surface area contributed by atoms with Gasteiger partial charge in [0, 0.05) is 37.7 Å². The molecule has 1 saturated heterocycles. The van der Waals surface area contributed by atoms with E-state index in [0.717, 1.165) is 31.4 Å². The first-order valence-electron chi connectivity index (χ1n) is 9.18. The number of alkyl halides is 1. The summed E-state index contributed by atoms with van der Waals surface area (Å²) in [5.74, 6) is -0.239. The summed E-state index contributed by atoms with van der Waals surface area (Å²) in [6.45, 7) is 2.39. The second-order valence-electron chi connectivity index (χ2n) is 7.38. The Kier molecular flexibility index (Phi) is 5.39. The van der Waals surface area contributed by atoms with Crippen LogP contribution in [0.2, 0.25) is 0 Å². The maximum absolute atomic E-state index is 14.2. The smallest absolute Gasteiger partial charge is 0.272 e. The van der Waals surface area contributed by atoms with Crippen LogP contribution in [-0.2, 0) is 11.8 Å². The third-order valence-electron chi connectivity index (χ3n) is 5.35. The van der Waals surface area contributed by atoms with Crippen LogP contribution in [0, 0.1) is 12.8 Å². The molecule has 0 bridgehead atoms. The van der Waals surface area contributed by atoms with Gasteiger partial charge < -0.3 is 10.2 Å². The van der Waals surface area contributed by atoms with E-state index in [9.17, 15) is 14.0 Å². The van der Waals surface area contributed by atoms with Crippen molar-refractivity contribution in [3.05, 3.63) is 17.5 Å². The molecule has 2 aliphatic rings. The molecule has 1 aromatic heterocycles. The van der Waals surface area contributed by atoms with E-state index >= 15 is 0 Å². The number of hydrogen-bond donors (Lipinski definition) is 1. The van der Waals surface area contributed by atoms with Crippen LogP contribution in [0.5, 0.6) is 0 Å². The number of piperidine rings is 1. The van der Waals surface area contributed by atoms with Crippen LogP contribution in [0.4, 0.5) is 4.39 Å². The molecule has 2 fully saturated rings. The number of nitrogens with one attached hydrogen (secondary N) is 1. The first-order chi connectivity index (χ1) is 11.9. The Balaban J connectivity index is 1.61. The Morgan fingerprint density at radius 1 is 1.24 bits per heavy atom. The van der Waals surface area contributed by atoms with Gasteiger partial charge in [-0.25, -0.2) is 4.39 Å². The lowest BCUT2D eigenvalue weighted by molar-refractivity contribution is -0.139. The summed E-state index contributed by atoms with van der Waals surface area (Å²) in [5, 5.41) is 7.00. The lowest BCUT2D eigenvalue weighted by atomic mass is 9.87. The van der Waals surface area contributed by atoms with Crippen LogP contribution in [0.1, 0.15) is 54.7 Å². The minimum absolute atomic E-state index is 0.0221. The molecule has 1 aromatic rings. The van der Waals surface area contributed by atoms with Crippen LogP contribution in [-0.4, -0.2) is 51.8 Å². The largest absolute Gasteiger partial charge is 0.346 e. The highest BCUT2D eigenvalue weighted by atomic mass is 19.1. The van der Waals surface area contributed by atoms with Gasteiger partial charge in [-0.2, -0.15) is 5.10 Å². The van der Waals surface area contributed by atoms with Gasteiger partial charge in [-0.05, 0) is 25.8 Å². The van der Waals surface area contributed by atoms with E-state index in [2.05, 4.69) is 10.4 Å². The van der Waals surface area contributed by atoms with Crippen LogP contribution in [0.3, 0.4) is 0 Å². The molecule has 3 rings (SSSR count). The first-order valence-corrected chi connectivity index (χ1v) is 9.18. The molecular formula is C18H27FN4O2. The number of aromatic nitrogens is 2. The SMILES string of the molecule is Cc1cc(C(=O)N[C@H]2C[C@@H](F)CN(C(=O)C3CCCCC3)C2)nn1C. The molecule has 6 nitrogen and oxygen atoms in total. The first kappa shape index (κ1) is 17.9. The van der Waals surface area contributed by atoms with Crippen molar-refractivity contribution < 1.29 is 14.0 Å². The highest BCUT2D eigenvalue weighted by Crippen LogP contribution is 2.27. The molecule has 0 unspecified atom stereocenters. The molecule has 2 atom stereocenters. The lowest BCUT2D eigenvalue weighted by Crippen LogP contribution is -2.54. The summed E-state index contributed by atoms with van der Waals surface area (Å²) >= 11 is 0. The van der Waals surface area contributed by atoms with E-state index in [1.165, 1.54) is 6.42 Å². The number of carbonyl (C=O) groups is 2. The van der Waals surface area contributed by atoms with Gasteiger partial charge in [0.25, 0.3) is 5.91 Å². The van der Waals surface area contributed by atoms with Crippen molar-refractivity contribution in [2.24, 2.45) is 13.0 Å². The molecule has 1 N–H and O–H groups in total. The summed E-state index contributed by atoms with van der Waals surface area (Å²) < 4.78 is 15.8. The summed E-state index contributed by atoms with van der Waals surface area (Å²) in [6.07, 6.45) is 4.26. The van der Waals surface area contributed by atoms with E-state index in [-0.39, 0.29) is 36.7 Å². The van der Waals surface area contributed by atoms with Crippen molar-refractivity contribution in [2.45, 2.75) is 57.7 Å². The molecule has 1 aliphatic carbocycles. The second-order valence-corrected chi connectivity index (χ2v) is 7.38. The van der Waals surface area contributed by atoms with Gasteiger partial charge in [0.1, 0.15) is 11.9 Å². The van der Waals surface area contributed by atoms with E-state index in [1.54, 1.807) is 22.7 Å². The van der Waals surface area contributed by atoms with E-state index in [4.69, 9.17) is 0 Å². The molecule has 0 radical (unpaired) electrons. The van der Waals surface area contributed by atoms with Gasteiger partial charge in [-0.15, -0.1) is 0 Å². The molecule has 1 aliphatic heterocycles. The molecule has 2 amide bonds. The molecule has 2 heterocycles. The Morgan fingerprint density at radius 3 is 2.60 bits per heavy atom. The predicted octanol–water partition coefficient (Wildman–Crippen LogP) is 1.98. The van der Waals surface area contributed by atoms with Gasteiger partial charge in [-0.1, -0.05) is 19.3 Å². The van der Waals surface area contributed by atoms with E-state index < -0.39 is 6.17 Å². The number of rotatable bonds is 3. The van der Waals surface area contributed by atoms with Crippen molar-refractivity contribution in [2.75, 3.05) is 13.1 Å². The van der Waals surface area contributed by atoms with Gasteiger partial charge in [0.05, 0.1) is 6.54 Å². The topological polar surface area (TPSA) is 67.2 Å². The van der Waals surface area contributed by atoms with Crippen LogP contribution < -0.4 is 5.32 Å². The zero-order chi connectivity index (χ0) is 18.0. The van der Waals surface area contributed by atoms with Crippen molar-refractivity contribution in [3.8, 4) is 0 Å². The zero-order valence-corrected chi connectivity index (χ0v) is 15.0. The number of halogens is 1. The van der Waals surface area contributed by atoms with Crippen molar-refractivity contribution in [3.63, 3.8) is 0 Å². The van der Waals surface area contributed by atoms with Crippen LogP contribution in [0.15, 0.2) is 6.07 Å². The van der Waals surface area contributed by atoms with Gasteiger partial charge in [0.2, 0.25) is 5.91 Å². The molecule has 0 aromatic carbocycles. The summed E-state index contributed by atoms with van der Waals surface area (Å²) in [6, 6.07) is 1.34. The number of likely N-dealkylation sites (tertiary alicyclic amines) is 1. The number of nitrogens with zero attached hydrogens (tertiary/aromatic N) is 3. The van der Waals surface area contributed by atoms with Crippen molar-refractivity contribution in [1.82, 2.24) is 20.0 Å². The Morgan fingerprint density at radius 2 is 1.96 bits per heavy atom. The molecule has 1 saturated carbocycles. The monoisotopic (exact) mass is 350 g/mol. The fourth-order valence-electron chi connectivity index (χ4n) is 3.86. The third kappa shape index (κ3) is 4.19. The van der Waals surface area contributed by atoms with Gasteiger partial charge in [-0.3, -0.25) is 14.3 Å². The fraction of sp³-hybridized carbons (Fsp3) is 0.722. The van der Waals surface area contributed by atoms with E-state index in [0.29, 0.717) is 12.2 Å². The molecule has 25 heavy (non-hydrogen) atoms. The Hall–Kier alpha value is -1.92. The maximum Gasteiger partial charge on any atom is 0.272 e. The quantitative estimate of drug-likeness (QED) is 0.906. The number of amides is 2. The molecule has 0 spiro atoms. The fourth-order valence-corrected chi connectivity index (χ4v) is 3.86. The predicted molar refractivity (Wildman–Crippen MR) is 91.9 cm³/mol. The minimum atomic E-state index is -1.10. The van der Waals surface area contributed by atoms with E-state index in [1.807, 2.05) is 6.92 Å². The average molecular weight is 350 g/mol. The number of hydrogen-bond acceptors (Lipinski definition) is 3. The van der Waals surface area contributed by atoms with Crippen LogP contribution >= 0.6 is 0 Å². The highest BCUT2D eigenvalue weighted by Gasteiger charge is 2.34. The summed E-state index contributed by atoms with van der Waals surface area (Å²) in [7, 11) is 1.77. The second kappa shape index (κ2) is 7.54. The lowest BCUT2D eigenvalue weighted by Gasteiger charge is -2.37. The zero-order valence-electron chi connectivity index (χ0n) is 15.0. The average Bonchev–Trinajstić information content (AvgIpc) is 2.93. The number of carbonyl (C=O) groups excluding carboxylic acids is 2. The standard InChI is InChI=1S/C18H27FN4O2/c1-12-8-16(21-22(12)2)17(24)20-15-9-14(19)10-23(11-15)18(25)13-6-4-3-5-7-13/h8,13-15H,3-7,9-11H2,1-2H3,(H,20,24)/t14-,15+/m1/s1. The summed E-state index contributed by atoms with van der Waals surface area (Å²) in [4.78, 5) is 26.6. The third-order valence-corrected chi connectivity index (χ3v) is 5.35. The summed E-state index contributed by atoms with van der Waals surface area (Å²) in [5.41, 5.74) is 1.21. The highest BCUT2D eigenvalue weighted by molar-refractivity contribution is 5.92. The van der Waals surface area contributed by atoms with Crippen molar-refractivity contribution >= 4 is 11.8 Å². The molecule has 138 valence electrons. The van der Waals surface area contributed by atoms with Gasteiger partial charge >= 0.3 is 0 Å². The minimum Gasteiger partial charge on any atom is -0.346 e. The normalized spacial score (nSPS) is 25.0. The van der Waals surface area contributed by atoms with Gasteiger partial charge in [0.15, 0.2) is 0 Å². The van der Waals surface area contributed by atoms with Crippen molar-refractivity contribution in [1.29, 1.82) is 0 Å². The Labute approximate surface area is 147 Å². The van der Waals surface area contributed by atoms with Crippen LogP contribution in [0.25, 0.3) is 0 Å². The number of aryl methyl sites for hydroxylation is 2. The Bertz CT molecular complexity index is 620. The molecular weight excluding hydrogens is 323 g/mol.